The molecule has 0 spiro atoms. The average molecular weight is 364 g/mol. The van der Waals surface area contributed by atoms with Gasteiger partial charge in [0.05, 0.1) is 17.8 Å². The Labute approximate surface area is 158 Å². The molecule has 6 nitrogen and oxygen atoms in total. The summed E-state index contributed by atoms with van der Waals surface area (Å²) >= 11 is 0. The van der Waals surface area contributed by atoms with E-state index < -0.39 is 0 Å². The molecule has 140 valence electrons. The Bertz CT molecular complexity index is 1020. The van der Waals surface area contributed by atoms with Crippen molar-refractivity contribution < 1.29 is 4.79 Å². The number of carbonyl (C=O) groups excluding carboxylic acids is 1. The van der Waals surface area contributed by atoms with Gasteiger partial charge in [-0.05, 0) is 44.9 Å². The van der Waals surface area contributed by atoms with Gasteiger partial charge in [-0.1, -0.05) is 30.3 Å². The lowest BCUT2D eigenvalue weighted by Gasteiger charge is -2.15. The summed E-state index contributed by atoms with van der Waals surface area (Å²) in [6.45, 7) is 7.81. The lowest BCUT2D eigenvalue weighted by molar-refractivity contribution is 0.0950. The van der Waals surface area contributed by atoms with Gasteiger partial charge < -0.3 is 10.3 Å². The second-order valence-electron chi connectivity index (χ2n) is 6.80. The lowest BCUT2D eigenvalue weighted by Crippen LogP contribution is -2.28. The molecule has 1 aromatic carbocycles. The normalized spacial score (nSPS) is 12.0. The summed E-state index contributed by atoms with van der Waals surface area (Å²) in [6.07, 6.45) is 1.58. The zero-order valence-electron chi connectivity index (χ0n) is 16.0. The van der Waals surface area contributed by atoms with Gasteiger partial charge in [-0.25, -0.2) is 0 Å². The monoisotopic (exact) mass is 364 g/mol. The second-order valence-corrected chi connectivity index (χ2v) is 6.80. The van der Waals surface area contributed by atoms with E-state index in [1.54, 1.807) is 6.20 Å². The number of rotatable bonds is 5. The summed E-state index contributed by atoms with van der Waals surface area (Å²) in [6, 6.07) is 11.9. The number of aromatic nitrogens is 3. The molecule has 27 heavy (non-hydrogen) atoms. The first kappa shape index (κ1) is 18.6. The largest absolute Gasteiger partial charge is 0.348 e. The predicted octanol–water partition coefficient (Wildman–Crippen LogP) is 3.04. The van der Waals surface area contributed by atoms with Crippen LogP contribution in [0.3, 0.4) is 0 Å². The Hall–Kier alpha value is -3.15. The third-order valence-electron chi connectivity index (χ3n) is 4.86. The molecule has 0 fully saturated rings. The van der Waals surface area contributed by atoms with Crippen LogP contribution in [0.15, 0.2) is 47.4 Å². The minimum absolute atomic E-state index is 0.0231. The molecule has 0 aliphatic heterocycles. The Kier molecular flexibility index (Phi) is 5.26. The second kappa shape index (κ2) is 7.61. The van der Waals surface area contributed by atoms with Crippen LogP contribution in [0.2, 0.25) is 0 Å². The van der Waals surface area contributed by atoms with E-state index in [1.807, 2.05) is 68.8 Å². The molecule has 2 N–H and O–H groups in total. The van der Waals surface area contributed by atoms with Gasteiger partial charge >= 0.3 is 0 Å². The van der Waals surface area contributed by atoms with Crippen molar-refractivity contribution in [3.8, 4) is 0 Å². The maximum Gasteiger partial charge on any atom is 0.255 e. The SMILES string of the molecule is Cc1cc(C)c(CNC(=O)c2cnn([C@H](C)c3ccccc3)c2C)c(=O)[nH]1. The lowest BCUT2D eigenvalue weighted by atomic mass is 10.1. The molecule has 0 unspecified atom stereocenters. The van der Waals surface area contributed by atoms with Gasteiger partial charge in [0, 0.05) is 23.5 Å². The number of H-pyrrole nitrogens is 1. The smallest absolute Gasteiger partial charge is 0.255 e. The number of carbonyl (C=O) groups is 1. The number of nitrogens with zero attached hydrogens (tertiary/aromatic N) is 2. The number of pyridine rings is 1. The molecule has 6 heteroatoms. The molecule has 1 amide bonds. The number of amides is 1. The summed E-state index contributed by atoms with van der Waals surface area (Å²) in [5.74, 6) is -0.238. The maximum absolute atomic E-state index is 12.6. The van der Waals surface area contributed by atoms with Crippen molar-refractivity contribution in [3.63, 3.8) is 0 Å². The standard InChI is InChI=1S/C21H24N4O2/c1-13-10-14(2)24-21(27)18(13)11-22-20(26)19-12-23-25(16(19)4)15(3)17-8-6-5-7-9-17/h5-10,12,15H,11H2,1-4H3,(H,22,26)(H,24,27)/t15-/m1/s1. The van der Waals surface area contributed by atoms with E-state index in [0.717, 1.165) is 22.5 Å². The van der Waals surface area contributed by atoms with Crippen molar-refractivity contribution in [1.82, 2.24) is 20.1 Å². The average Bonchev–Trinajstić information content (AvgIpc) is 3.02. The molecule has 2 aromatic heterocycles. The molecule has 0 aliphatic rings. The zero-order chi connectivity index (χ0) is 19.6. The van der Waals surface area contributed by atoms with Gasteiger partial charge in [0.25, 0.3) is 11.5 Å². The van der Waals surface area contributed by atoms with E-state index in [1.165, 1.54) is 0 Å². The van der Waals surface area contributed by atoms with Crippen molar-refractivity contribution in [2.45, 2.75) is 40.3 Å². The third-order valence-corrected chi connectivity index (χ3v) is 4.86. The molecule has 0 saturated heterocycles. The molecule has 0 aliphatic carbocycles. The van der Waals surface area contributed by atoms with E-state index in [4.69, 9.17) is 0 Å². The van der Waals surface area contributed by atoms with Crippen LogP contribution in [0, 0.1) is 20.8 Å². The number of aryl methyl sites for hydroxylation is 2. The molecule has 3 rings (SSSR count). The topological polar surface area (TPSA) is 79.8 Å². The Morgan fingerprint density at radius 1 is 1.22 bits per heavy atom. The minimum atomic E-state index is -0.238. The van der Waals surface area contributed by atoms with E-state index in [9.17, 15) is 9.59 Å². The van der Waals surface area contributed by atoms with Crippen molar-refractivity contribution in [2.24, 2.45) is 0 Å². The van der Waals surface area contributed by atoms with Crippen LogP contribution < -0.4 is 10.9 Å². The van der Waals surface area contributed by atoms with Crippen LogP contribution in [0.4, 0.5) is 0 Å². The molecule has 0 radical (unpaired) electrons. The molecule has 2 heterocycles. The highest BCUT2D eigenvalue weighted by atomic mass is 16.2. The molecular formula is C21H24N4O2. The van der Waals surface area contributed by atoms with E-state index >= 15 is 0 Å². The van der Waals surface area contributed by atoms with Crippen molar-refractivity contribution in [1.29, 1.82) is 0 Å². The number of benzene rings is 1. The Morgan fingerprint density at radius 2 is 1.93 bits per heavy atom. The van der Waals surface area contributed by atoms with Crippen molar-refractivity contribution in [3.05, 3.63) is 86.6 Å². The quantitative estimate of drug-likeness (QED) is 0.730. The highest BCUT2D eigenvalue weighted by molar-refractivity contribution is 5.95. The van der Waals surface area contributed by atoms with Gasteiger partial charge in [-0.15, -0.1) is 0 Å². The fourth-order valence-corrected chi connectivity index (χ4v) is 3.27. The fourth-order valence-electron chi connectivity index (χ4n) is 3.27. The number of hydrogen-bond donors (Lipinski definition) is 2. The van der Waals surface area contributed by atoms with Crippen molar-refractivity contribution >= 4 is 5.91 Å². The van der Waals surface area contributed by atoms with Gasteiger partial charge in [0.2, 0.25) is 0 Å². The van der Waals surface area contributed by atoms with Crippen LogP contribution in [0.1, 0.15) is 51.4 Å². The van der Waals surface area contributed by atoms with E-state index in [0.29, 0.717) is 11.1 Å². The van der Waals surface area contributed by atoms with Gasteiger partial charge in [0.15, 0.2) is 0 Å². The van der Waals surface area contributed by atoms with Crippen LogP contribution in [0.25, 0.3) is 0 Å². The van der Waals surface area contributed by atoms with Crippen molar-refractivity contribution in [2.75, 3.05) is 0 Å². The third kappa shape index (κ3) is 3.84. The summed E-state index contributed by atoms with van der Waals surface area (Å²) in [5, 5.41) is 7.24. The van der Waals surface area contributed by atoms with E-state index in [2.05, 4.69) is 15.4 Å². The highest BCUT2D eigenvalue weighted by Gasteiger charge is 2.18. The maximum atomic E-state index is 12.6. The first-order chi connectivity index (χ1) is 12.9. The Balaban J connectivity index is 1.77. The molecular weight excluding hydrogens is 340 g/mol. The first-order valence-electron chi connectivity index (χ1n) is 8.95. The summed E-state index contributed by atoms with van der Waals surface area (Å²) in [7, 11) is 0. The summed E-state index contributed by atoms with van der Waals surface area (Å²) in [5.41, 5.74) is 4.49. The predicted molar refractivity (Wildman–Crippen MR) is 105 cm³/mol. The van der Waals surface area contributed by atoms with E-state index in [-0.39, 0.29) is 24.1 Å². The van der Waals surface area contributed by atoms with Crippen LogP contribution >= 0.6 is 0 Å². The number of nitrogens with one attached hydrogen (secondary N) is 2. The molecule has 0 bridgehead atoms. The van der Waals surface area contributed by atoms with Gasteiger partial charge in [0.1, 0.15) is 0 Å². The molecule has 3 aromatic rings. The summed E-state index contributed by atoms with van der Waals surface area (Å²) < 4.78 is 1.84. The molecule has 0 saturated carbocycles. The van der Waals surface area contributed by atoms with Crippen LogP contribution in [0.5, 0.6) is 0 Å². The van der Waals surface area contributed by atoms with Gasteiger partial charge in [-0.2, -0.15) is 5.10 Å². The number of hydrogen-bond acceptors (Lipinski definition) is 3. The Morgan fingerprint density at radius 3 is 2.59 bits per heavy atom. The molecule has 1 atom stereocenters. The fraction of sp³-hybridized carbons (Fsp3) is 0.286. The number of aromatic amines is 1. The van der Waals surface area contributed by atoms with Gasteiger partial charge in [-0.3, -0.25) is 14.3 Å². The minimum Gasteiger partial charge on any atom is -0.348 e. The zero-order valence-corrected chi connectivity index (χ0v) is 16.0. The first-order valence-corrected chi connectivity index (χ1v) is 8.95. The van der Waals surface area contributed by atoms with Crippen LogP contribution in [-0.2, 0) is 6.54 Å². The highest BCUT2D eigenvalue weighted by Crippen LogP contribution is 2.20. The van der Waals surface area contributed by atoms with Crippen LogP contribution in [-0.4, -0.2) is 20.7 Å². The summed E-state index contributed by atoms with van der Waals surface area (Å²) in [4.78, 5) is 27.5.